The van der Waals surface area contributed by atoms with Crippen LogP contribution in [0.5, 0.6) is 0 Å². The van der Waals surface area contributed by atoms with Gasteiger partial charge in [0.2, 0.25) is 0 Å². The van der Waals surface area contributed by atoms with Gasteiger partial charge in [0.15, 0.2) is 6.10 Å². The smallest absolute Gasteiger partial charge is 0.456 e. The second-order valence-corrected chi connectivity index (χ2v) is 7.63. The van der Waals surface area contributed by atoms with Crippen molar-refractivity contribution in [2.24, 2.45) is 0 Å². The van der Waals surface area contributed by atoms with Gasteiger partial charge in [-0.2, -0.15) is 0 Å². The first-order chi connectivity index (χ1) is 15.8. The van der Waals surface area contributed by atoms with E-state index in [1.54, 1.807) is 6.92 Å². The van der Waals surface area contributed by atoms with E-state index in [1.807, 2.05) is 0 Å². The molecule has 33 heavy (non-hydrogen) atoms. The largest absolute Gasteiger partial charge is 0.469 e. The maximum Gasteiger partial charge on any atom is 0.469 e. The molecular weight excluding hydrogens is 447 g/mol. The summed E-state index contributed by atoms with van der Waals surface area (Å²) in [6.45, 7) is 2.62. The van der Waals surface area contributed by atoms with Gasteiger partial charge in [0.25, 0.3) is 0 Å². The standard InChI is InChI=1S/C24H27O8P/c1-3-5-7-9-11-12-13-15-16-18-23(25)30-20-22(21-31-33(27,28)29)32-24(26)19-17-14-10-8-6-4-2/h22H,4,6,8,10,14,17,19-21H2,1-2H3,(H2,27,28,29)/t22-/m1/s1. The third-order valence-electron chi connectivity index (χ3n) is 3.59. The molecule has 0 aromatic carbocycles. The summed E-state index contributed by atoms with van der Waals surface area (Å²) in [7, 11) is -4.79. The van der Waals surface area contributed by atoms with Crippen molar-refractivity contribution in [3.05, 3.63) is 0 Å². The Kier molecular flexibility index (Phi) is 17.7. The van der Waals surface area contributed by atoms with Crippen LogP contribution in [-0.2, 0) is 28.2 Å². The van der Waals surface area contributed by atoms with E-state index in [-0.39, 0.29) is 6.42 Å². The SMILES string of the molecule is CC#CC#CC#CC#CC#CC(=O)OC[C@H](COP(=O)(O)O)OC(=O)CCCCCCCC. The van der Waals surface area contributed by atoms with Gasteiger partial charge >= 0.3 is 19.8 Å². The maximum atomic E-state index is 12.0. The summed E-state index contributed by atoms with van der Waals surface area (Å²) in [6, 6.07) is 0. The minimum Gasteiger partial charge on any atom is -0.456 e. The molecule has 9 heteroatoms. The van der Waals surface area contributed by atoms with E-state index >= 15 is 0 Å². The first-order valence-electron chi connectivity index (χ1n) is 10.3. The Labute approximate surface area is 195 Å². The molecule has 1 atom stereocenters. The number of carbonyl (C=O) groups excluding carboxylic acids is 2. The van der Waals surface area contributed by atoms with E-state index in [1.165, 1.54) is 0 Å². The first-order valence-corrected chi connectivity index (χ1v) is 11.8. The van der Waals surface area contributed by atoms with Gasteiger partial charge in [-0.25, -0.2) is 9.36 Å². The predicted molar refractivity (Wildman–Crippen MR) is 121 cm³/mol. The molecular formula is C24H27O8P. The molecule has 0 rings (SSSR count). The lowest BCUT2D eigenvalue weighted by Gasteiger charge is -2.17. The number of unbranched alkanes of at least 4 members (excludes halogenated alkanes) is 5. The van der Waals surface area contributed by atoms with Crippen molar-refractivity contribution in [3.8, 4) is 59.2 Å². The van der Waals surface area contributed by atoms with Crippen LogP contribution < -0.4 is 0 Å². The van der Waals surface area contributed by atoms with Crippen molar-refractivity contribution in [2.45, 2.75) is 64.9 Å². The molecule has 176 valence electrons. The van der Waals surface area contributed by atoms with Crippen LogP contribution in [0.25, 0.3) is 0 Å². The topological polar surface area (TPSA) is 119 Å². The number of phosphoric ester groups is 1. The monoisotopic (exact) mass is 474 g/mol. The van der Waals surface area contributed by atoms with Gasteiger partial charge in [0, 0.05) is 12.3 Å². The lowest BCUT2D eigenvalue weighted by Crippen LogP contribution is -2.29. The highest BCUT2D eigenvalue weighted by atomic mass is 31.2. The minimum atomic E-state index is -4.79. The van der Waals surface area contributed by atoms with E-state index < -0.39 is 39.1 Å². The quantitative estimate of drug-likeness (QED) is 0.137. The zero-order valence-electron chi connectivity index (χ0n) is 18.7. The molecule has 2 N–H and O–H groups in total. The van der Waals surface area contributed by atoms with Gasteiger partial charge in [-0.1, -0.05) is 44.9 Å². The van der Waals surface area contributed by atoms with E-state index in [0.29, 0.717) is 6.42 Å². The van der Waals surface area contributed by atoms with Crippen molar-refractivity contribution in [3.63, 3.8) is 0 Å². The van der Waals surface area contributed by atoms with Crippen LogP contribution >= 0.6 is 7.82 Å². The van der Waals surface area contributed by atoms with Crippen molar-refractivity contribution in [1.29, 1.82) is 0 Å². The molecule has 0 radical (unpaired) electrons. The molecule has 0 unspecified atom stereocenters. The molecule has 0 aromatic rings. The van der Waals surface area contributed by atoms with Gasteiger partial charge in [-0.15, -0.1) is 0 Å². The average molecular weight is 474 g/mol. The highest BCUT2D eigenvalue weighted by Gasteiger charge is 2.22. The van der Waals surface area contributed by atoms with E-state index in [0.717, 1.165) is 32.1 Å². The van der Waals surface area contributed by atoms with Crippen molar-refractivity contribution in [1.82, 2.24) is 0 Å². The van der Waals surface area contributed by atoms with Crippen LogP contribution in [0.4, 0.5) is 0 Å². The molecule has 0 aliphatic carbocycles. The lowest BCUT2D eigenvalue weighted by molar-refractivity contribution is -0.158. The van der Waals surface area contributed by atoms with Crippen LogP contribution in [0, 0.1) is 59.2 Å². The second-order valence-electron chi connectivity index (χ2n) is 6.39. The van der Waals surface area contributed by atoms with Crippen LogP contribution in [0.15, 0.2) is 0 Å². The molecule has 0 heterocycles. The molecule has 0 spiro atoms. The van der Waals surface area contributed by atoms with Gasteiger partial charge in [-0.05, 0) is 60.7 Å². The van der Waals surface area contributed by atoms with Gasteiger partial charge in [0.05, 0.1) is 6.61 Å². The number of ether oxygens (including phenoxy) is 2. The summed E-state index contributed by atoms with van der Waals surface area (Å²) in [5.74, 6) is 22.3. The lowest BCUT2D eigenvalue weighted by atomic mass is 10.1. The van der Waals surface area contributed by atoms with Crippen LogP contribution in [0.1, 0.15) is 58.8 Å². The fraction of sp³-hybridized carbons (Fsp3) is 0.500. The molecule has 0 aromatic heterocycles. The molecule has 0 saturated carbocycles. The number of carbonyl (C=O) groups is 2. The van der Waals surface area contributed by atoms with E-state index in [4.69, 9.17) is 19.3 Å². The van der Waals surface area contributed by atoms with Gasteiger partial charge in [-0.3, -0.25) is 9.32 Å². The Morgan fingerprint density at radius 2 is 1.42 bits per heavy atom. The Hall–Kier alpha value is -3.15. The fourth-order valence-electron chi connectivity index (χ4n) is 2.13. The van der Waals surface area contributed by atoms with Crippen molar-refractivity contribution in [2.75, 3.05) is 13.2 Å². The van der Waals surface area contributed by atoms with Crippen LogP contribution in [0.2, 0.25) is 0 Å². The third kappa shape index (κ3) is 21.9. The fourth-order valence-corrected chi connectivity index (χ4v) is 2.49. The zero-order chi connectivity index (χ0) is 24.8. The first kappa shape index (κ1) is 29.8. The summed E-state index contributed by atoms with van der Waals surface area (Å²) in [6.07, 6.45) is 4.81. The van der Waals surface area contributed by atoms with E-state index in [2.05, 4.69) is 70.7 Å². The Balaban J connectivity index is 4.62. The predicted octanol–water partition coefficient (Wildman–Crippen LogP) is 2.34. The molecule has 0 amide bonds. The highest BCUT2D eigenvalue weighted by Crippen LogP contribution is 2.35. The minimum absolute atomic E-state index is 0.137. The molecule has 8 nitrogen and oxygen atoms in total. The number of hydrogen-bond acceptors (Lipinski definition) is 6. The average Bonchev–Trinajstić information content (AvgIpc) is 2.76. The summed E-state index contributed by atoms with van der Waals surface area (Å²) in [5, 5.41) is 0. The number of esters is 2. The summed E-state index contributed by atoms with van der Waals surface area (Å²) < 4.78 is 25.2. The van der Waals surface area contributed by atoms with Crippen LogP contribution in [-0.4, -0.2) is 41.0 Å². The van der Waals surface area contributed by atoms with Crippen LogP contribution in [0.3, 0.4) is 0 Å². The molecule has 0 bridgehead atoms. The molecule has 0 fully saturated rings. The zero-order valence-corrected chi connectivity index (χ0v) is 19.6. The molecule has 0 aliphatic heterocycles. The van der Waals surface area contributed by atoms with Gasteiger partial charge in [0.1, 0.15) is 6.61 Å². The summed E-state index contributed by atoms with van der Waals surface area (Å²) in [4.78, 5) is 41.3. The second kappa shape index (κ2) is 19.5. The molecule has 0 aliphatic rings. The summed E-state index contributed by atoms with van der Waals surface area (Å²) >= 11 is 0. The highest BCUT2D eigenvalue weighted by molar-refractivity contribution is 7.46. The summed E-state index contributed by atoms with van der Waals surface area (Å²) in [5.41, 5.74) is 0. The Bertz CT molecular complexity index is 984. The Morgan fingerprint density at radius 1 is 0.848 bits per heavy atom. The Morgan fingerprint density at radius 3 is 2.03 bits per heavy atom. The maximum absolute atomic E-state index is 12.0. The van der Waals surface area contributed by atoms with Crippen molar-refractivity contribution < 1.29 is 37.9 Å². The number of rotatable bonds is 13. The number of phosphoric acid groups is 1. The normalized spacial score (nSPS) is 10.1. The number of hydrogen-bond donors (Lipinski definition) is 2. The molecule has 0 saturated heterocycles. The van der Waals surface area contributed by atoms with E-state index in [9.17, 15) is 14.2 Å². The van der Waals surface area contributed by atoms with Gasteiger partial charge < -0.3 is 19.3 Å². The third-order valence-corrected chi connectivity index (χ3v) is 4.07. The van der Waals surface area contributed by atoms with Crippen molar-refractivity contribution >= 4 is 19.8 Å².